The lowest BCUT2D eigenvalue weighted by Crippen LogP contribution is -2.31. The van der Waals surface area contributed by atoms with Crippen molar-refractivity contribution in [3.8, 4) is 5.75 Å². The molecule has 0 bridgehead atoms. The zero-order valence-corrected chi connectivity index (χ0v) is 11.0. The highest BCUT2D eigenvalue weighted by molar-refractivity contribution is 5.84. The van der Waals surface area contributed by atoms with Crippen LogP contribution in [0.25, 0.3) is 10.8 Å². The molecule has 19 heavy (non-hydrogen) atoms. The third-order valence-electron chi connectivity index (χ3n) is 3.03. The lowest BCUT2D eigenvalue weighted by Gasteiger charge is -2.06. The quantitative estimate of drug-likeness (QED) is 0.853. The Labute approximate surface area is 112 Å². The molecule has 2 aromatic carbocycles. The molecule has 0 fully saturated rings. The van der Waals surface area contributed by atoms with E-state index in [1.165, 1.54) is 10.9 Å². The Morgan fingerprint density at radius 2 is 2.00 bits per heavy atom. The Kier molecular flexibility index (Phi) is 4.36. The second kappa shape index (κ2) is 6.20. The number of fused-ring (bicyclic) bond motifs is 1. The summed E-state index contributed by atoms with van der Waals surface area (Å²) in [5.41, 5.74) is 6.41. The first kappa shape index (κ1) is 13.4. The SMILES string of the molecule is COc1ccc2ccc(CCNC(=O)CN)cc2c1. The van der Waals surface area contributed by atoms with Crippen molar-refractivity contribution in [2.24, 2.45) is 5.73 Å². The highest BCUT2D eigenvalue weighted by atomic mass is 16.5. The van der Waals surface area contributed by atoms with Gasteiger partial charge in [0.2, 0.25) is 5.91 Å². The van der Waals surface area contributed by atoms with Crippen LogP contribution < -0.4 is 15.8 Å². The molecule has 0 aliphatic rings. The number of methoxy groups -OCH3 is 1. The molecule has 0 radical (unpaired) electrons. The van der Waals surface area contributed by atoms with Gasteiger partial charge in [-0.1, -0.05) is 24.3 Å². The zero-order valence-electron chi connectivity index (χ0n) is 11.0. The summed E-state index contributed by atoms with van der Waals surface area (Å²) in [6.45, 7) is 0.639. The maximum atomic E-state index is 11.0. The van der Waals surface area contributed by atoms with Crippen LogP contribution in [0.5, 0.6) is 5.75 Å². The van der Waals surface area contributed by atoms with Gasteiger partial charge in [0, 0.05) is 6.54 Å². The van der Waals surface area contributed by atoms with Crippen LogP contribution in [0.3, 0.4) is 0 Å². The number of nitrogens with two attached hydrogens (primary N) is 1. The number of nitrogens with one attached hydrogen (secondary N) is 1. The minimum atomic E-state index is -0.123. The number of hydrogen-bond donors (Lipinski definition) is 2. The Bertz CT molecular complexity index is 581. The Hall–Kier alpha value is -2.07. The molecule has 2 rings (SSSR count). The molecule has 0 aliphatic heterocycles. The molecule has 100 valence electrons. The minimum Gasteiger partial charge on any atom is -0.497 e. The van der Waals surface area contributed by atoms with E-state index in [1.54, 1.807) is 7.11 Å². The molecule has 0 spiro atoms. The van der Waals surface area contributed by atoms with Crippen molar-refractivity contribution in [2.45, 2.75) is 6.42 Å². The Morgan fingerprint density at radius 1 is 1.21 bits per heavy atom. The van der Waals surface area contributed by atoms with E-state index in [4.69, 9.17) is 10.5 Å². The first-order valence-corrected chi connectivity index (χ1v) is 6.26. The predicted octanol–water partition coefficient (Wildman–Crippen LogP) is 1.47. The number of benzene rings is 2. The van der Waals surface area contributed by atoms with Crippen molar-refractivity contribution in [1.29, 1.82) is 0 Å². The Balaban J connectivity index is 2.09. The van der Waals surface area contributed by atoms with E-state index in [0.29, 0.717) is 6.54 Å². The fourth-order valence-electron chi connectivity index (χ4n) is 1.98. The molecule has 4 heteroatoms. The summed E-state index contributed by atoms with van der Waals surface area (Å²) < 4.78 is 5.22. The van der Waals surface area contributed by atoms with Crippen molar-refractivity contribution in [2.75, 3.05) is 20.2 Å². The maximum Gasteiger partial charge on any atom is 0.233 e. The van der Waals surface area contributed by atoms with Gasteiger partial charge in [-0.15, -0.1) is 0 Å². The van der Waals surface area contributed by atoms with Crippen molar-refractivity contribution in [1.82, 2.24) is 5.32 Å². The third-order valence-corrected chi connectivity index (χ3v) is 3.03. The molecule has 0 heterocycles. The van der Waals surface area contributed by atoms with E-state index in [0.717, 1.165) is 17.6 Å². The molecule has 3 N–H and O–H groups in total. The maximum absolute atomic E-state index is 11.0. The van der Waals surface area contributed by atoms with Gasteiger partial charge in [-0.25, -0.2) is 0 Å². The first-order chi connectivity index (χ1) is 9.22. The summed E-state index contributed by atoms with van der Waals surface area (Å²) in [5, 5.41) is 5.08. The summed E-state index contributed by atoms with van der Waals surface area (Å²) in [4.78, 5) is 11.0. The second-order valence-electron chi connectivity index (χ2n) is 4.35. The van der Waals surface area contributed by atoms with E-state index in [2.05, 4.69) is 23.5 Å². The largest absolute Gasteiger partial charge is 0.497 e. The van der Waals surface area contributed by atoms with Gasteiger partial charge < -0.3 is 15.8 Å². The second-order valence-corrected chi connectivity index (χ2v) is 4.35. The highest BCUT2D eigenvalue weighted by Gasteiger charge is 2.00. The van der Waals surface area contributed by atoms with Crippen molar-refractivity contribution < 1.29 is 9.53 Å². The smallest absolute Gasteiger partial charge is 0.233 e. The van der Waals surface area contributed by atoms with Crippen LogP contribution >= 0.6 is 0 Å². The fourth-order valence-corrected chi connectivity index (χ4v) is 1.98. The van der Waals surface area contributed by atoms with Gasteiger partial charge in [-0.3, -0.25) is 4.79 Å². The fraction of sp³-hybridized carbons (Fsp3) is 0.267. The lowest BCUT2D eigenvalue weighted by molar-refractivity contribution is -0.119. The van der Waals surface area contributed by atoms with E-state index >= 15 is 0 Å². The first-order valence-electron chi connectivity index (χ1n) is 6.26. The summed E-state index contributed by atoms with van der Waals surface area (Å²) >= 11 is 0. The molecule has 1 amide bonds. The van der Waals surface area contributed by atoms with Crippen LogP contribution in [0, 0.1) is 0 Å². The van der Waals surface area contributed by atoms with Crippen molar-refractivity contribution in [3.63, 3.8) is 0 Å². The molecular formula is C15H18N2O2. The number of hydrogen-bond acceptors (Lipinski definition) is 3. The molecule has 0 unspecified atom stereocenters. The molecular weight excluding hydrogens is 240 g/mol. The number of rotatable bonds is 5. The third kappa shape index (κ3) is 3.45. The van der Waals surface area contributed by atoms with Gasteiger partial charge >= 0.3 is 0 Å². The van der Waals surface area contributed by atoms with E-state index in [9.17, 15) is 4.79 Å². The van der Waals surface area contributed by atoms with Gasteiger partial charge in [0.25, 0.3) is 0 Å². The molecule has 2 aromatic rings. The monoisotopic (exact) mass is 258 g/mol. The summed E-state index contributed by atoms with van der Waals surface area (Å²) in [5.74, 6) is 0.726. The van der Waals surface area contributed by atoms with Crippen LogP contribution in [-0.4, -0.2) is 26.1 Å². The molecule has 0 atom stereocenters. The van der Waals surface area contributed by atoms with Crippen LogP contribution in [0.1, 0.15) is 5.56 Å². The molecule has 0 saturated carbocycles. The number of amides is 1. The standard InChI is InChI=1S/C15H18N2O2/c1-19-14-5-4-12-3-2-11(8-13(12)9-14)6-7-17-15(18)10-16/h2-5,8-9H,6-7,10,16H2,1H3,(H,17,18). The number of carbonyl (C=O) groups excluding carboxylic acids is 1. The molecule has 0 saturated heterocycles. The predicted molar refractivity (Wildman–Crippen MR) is 76.3 cm³/mol. The van der Waals surface area contributed by atoms with Crippen molar-refractivity contribution in [3.05, 3.63) is 42.0 Å². The number of carbonyl (C=O) groups is 1. The van der Waals surface area contributed by atoms with Gasteiger partial charge in [0.15, 0.2) is 0 Å². The minimum absolute atomic E-state index is 0.0366. The van der Waals surface area contributed by atoms with Crippen LogP contribution in [-0.2, 0) is 11.2 Å². The Morgan fingerprint density at radius 3 is 2.74 bits per heavy atom. The molecule has 0 aromatic heterocycles. The van der Waals surface area contributed by atoms with Gasteiger partial charge in [-0.05, 0) is 34.9 Å². The van der Waals surface area contributed by atoms with Crippen LogP contribution in [0.2, 0.25) is 0 Å². The van der Waals surface area contributed by atoms with Gasteiger partial charge in [0.05, 0.1) is 13.7 Å². The average molecular weight is 258 g/mol. The van der Waals surface area contributed by atoms with Gasteiger partial charge in [0.1, 0.15) is 5.75 Å². The molecule has 0 aliphatic carbocycles. The average Bonchev–Trinajstić information content (AvgIpc) is 2.46. The van der Waals surface area contributed by atoms with Crippen LogP contribution in [0.4, 0.5) is 0 Å². The van der Waals surface area contributed by atoms with Gasteiger partial charge in [-0.2, -0.15) is 0 Å². The molecule has 4 nitrogen and oxygen atoms in total. The van der Waals surface area contributed by atoms with Crippen molar-refractivity contribution >= 4 is 16.7 Å². The zero-order chi connectivity index (χ0) is 13.7. The van der Waals surface area contributed by atoms with E-state index < -0.39 is 0 Å². The van der Waals surface area contributed by atoms with E-state index in [1.807, 2.05) is 18.2 Å². The summed E-state index contributed by atoms with van der Waals surface area (Å²) in [7, 11) is 1.66. The lowest BCUT2D eigenvalue weighted by atomic mass is 10.0. The normalized spacial score (nSPS) is 10.4. The summed E-state index contributed by atoms with van der Waals surface area (Å²) in [6.07, 6.45) is 0.791. The summed E-state index contributed by atoms with van der Waals surface area (Å²) in [6, 6.07) is 12.3. The highest BCUT2D eigenvalue weighted by Crippen LogP contribution is 2.21. The van der Waals surface area contributed by atoms with Crippen LogP contribution in [0.15, 0.2) is 36.4 Å². The van der Waals surface area contributed by atoms with E-state index in [-0.39, 0.29) is 12.5 Å². The number of ether oxygens (including phenoxy) is 1. The topological polar surface area (TPSA) is 64.3 Å².